The molecule has 158 valence electrons. The maximum absolute atomic E-state index is 5.65. The van der Waals surface area contributed by atoms with Gasteiger partial charge in [0.05, 0.1) is 17.6 Å². The lowest BCUT2D eigenvalue weighted by Crippen LogP contribution is -2.45. The molecule has 0 fully saturated rings. The molecule has 2 aliphatic rings. The Bertz CT molecular complexity index is 1290. The highest BCUT2D eigenvalue weighted by molar-refractivity contribution is 9.10. The van der Waals surface area contributed by atoms with Gasteiger partial charge in [-0.25, -0.2) is 4.68 Å². The van der Waals surface area contributed by atoms with E-state index in [2.05, 4.69) is 61.9 Å². The lowest BCUT2D eigenvalue weighted by Gasteiger charge is -2.47. The van der Waals surface area contributed by atoms with Crippen LogP contribution in [-0.4, -0.2) is 25.1 Å². The van der Waals surface area contributed by atoms with Crippen molar-refractivity contribution in [2.24, 2.45) is 5.92 Å². The smallest absolute Gasteiger partial charge is 0.223 e. The molecule has 8 heteroatoms. The number of aromatic nitrogens is 5. The van der Waals surface area contributed by atoms with E-state index in [1.807, 2.05) is 25.3 Å². The van der Waals surface area contributed by atoms with Crippen LogP contribution in [0.5, 0.6) is 0 Å². The summed E-state index contributed by atoms with van der Waals surface area (Å²) in [5, 5.41) is 13.4. The number of nitrogens with zero attached hydrogens (tertiary/aromatic N) is 5. The van der Waals surface area contributed by atoms with E-state index in [0.717, 1.165) is 40.9 Å². The van der Waals surface area contributed by atoms with Gasteiger partial charge in [-0.05, 0) is 49.4 Å². The summed E-state index contributed by atoms with van der Waals surface area (Å²) in [4.78, 5) is 4.49. The SMILES string of the molecule is Cc1nc(-c2nn(-c3ccc(Br)cc3)c3c2CC[C@@H]2[C@@H](C)c4oncc4C[C@@]32C)no1. The Balaban J connectivity index is 1.61. The molecular weight excluding hydrogens is 458 g/mol. The van der Waals surface area contributed by atoms with E-state index in [9.17, 15) is 0 Å². The second-order valence-corrected chi connectivity index (χ2v) is 9.86. The van der Waals surface area contributed by atoms with Crippen molar-refractivity contribution in [1.82, 2.24) is 25.1 Å². The Morgan fingerprint density at radius 3 is 2.74 bits per heavy atom. The summed E-state index contributed by atoms with van der Waals surface area (Å²) in [6.07, 6.45) is 4.73. The largest absolute Gasteiger partial charge is 0.361 e. The van der Waals surface area contributed by atoms with Crippen LogP contribution >= 0.6 is 15.9 Å². The third-order valence-corrected chi connectivity index (χ3v) is 7.64. The Labute approximate surface area is 188 Å². The van der Waals surface area contributed by atoms with Crippen molar-refractivity contribution < 1.29 is 9.05 Å². The van der Waals surface area contributed by atoms with Crippen molar-refractivity contribution in [3.8, 4) is 17.2 Å². The van der Waals surface area contributed by atoms with E-state index >= 15 is 0 Å². The van der Waals surface area contributed by atoms with E-state index < -0.39 is 0 Å². The monoisotopic (exact) mass is 479 g/mol. The lowest BCUT2D eigenvalue weighted by molar-refractivity contribution is 0.170. The van der Waals surface area contributed by atoms with Gasteiger partial charge in [0.25, 0.3) is 0 Å². The number of fused-ring (bicyclic) bond motifs is 4. The molecule has 0 radical (unpaired) electrons. The first-order valence-electron chi connectivity index (χ1n) is 10.6. The summed E-state index contributed by atoms with van der Waals surface area (Å²) in [7, 11) is 0. The Kier molecular flexibility index (Phi) is 4.06. The zero-order chi connectivity index (χ0) is 21.3. The quantitative estimate of drug-likeness (QED) is 0.394. The maximum atomic E-state index is 5.65. The molecule has 0 saturated heterocycles. The molecule has 7 nitrogen and oxygen atoms in total. The average Bonchev–Trinajstić information content (AvgIpc) is 3.47. The second-order valence-electron chi connectivity index (χ2n) is 8.94. The van der Waals surface area contributed by atoms with Gasteiger partial charge in [-0.3, -0.25) is 0 Å². The van der Waals surface area contributed by atoms with Crippen LogP contribution < -0.4 is 0 Å². The topological polar surface area (TPSA) is 82.8 Å². The van der Waals surface area contributed by atoms with Gasteiger partial charge in [0, 0.05) is 33.9 Å². The van der Waals surface area contributed by atoms with E-state index in [1.165, 1.54) is 16.8 Å². The predicted molar refractivity (Wildman–Crippen MR) is 117 cm³/mol. The van der Waals surface area contributed by atoms with E-state index in [1.54, 1.807) is 0 Å². The number of rotatable bonds is 2. The van der Waals surface area contributed by atoms with Crippen LogP contribution in [0.4, 0.5) is 0 Å². The highest BCUT2D eigenvalue weighted by atomic mass is 79.9. The highest BCUT2D eigenvalue weighted by Crippen LogP contribution is 2.55. The fourth-order valence-electron chi connectivity index (χ4n) is 5.78. The minimum absolute atomic E-state index is 0.108. The third-order valence-electron chi connectivity index (χ3n) is 7.11. The van der Waals surface area contributed by atoms with Gasteiger partial charge >= 0.3 is 0 Å². The summed E-state index contributed by atoms with van der Waals surface area (Å²) in [6, 6.07) is 8.27. The van der Waals surface area contributed by atoms with Crippen LogP contribution in [0.3, 0.4) is 0 Å². The first-order chi connectivity index (χ1) is 15.0. The van der Waals surface area contributed by atoms with Gasteiger partial charge in [-0.2, -0.15) is 10.1 Å². The van der Waals surface area contributed by atoms with E-state index in [4.69, 9.17) is 14.1 Å². The molecule has 2 aliphatic carbocycles. The van der Waals surface area contributed by atoms with Gasteiger partial charge < -0.3 is 9.05 Å². The van der Waals surface area contributed by atoms with Crippen LogP contribution in [0.2, 0.25) is 0 Å². The predicted octanol–water partition coefficient (Wildman–Crippen LogP) is 5.16. The van der Waals surface area contributed by atoms with Gasteiger partial charge in [-0.1, -0.05) is 40.1 Å². The van der Waals surface area contributed by atoms with Gasteiger partial charge in [0.15, 0.2) is 0 Å². The molecule has 0 unspecified atom stereocenters. The normalized spacial score (nSPS) is 24.5. The van der Waals surface area contributed by atoms with Crippen LogP contribution in [0.25, 0.3) is 17.2 Å². The molecule has 0 saturated carbocycles. The van der Waals surface area contributed by atoms with Gasteiger partial charge in [0.2, 0.25) is 11.7 Å². The zero-order valence-corrected chi connectivity index (χ0v) is 19.2. The van der Waals surface area contributed by atoms with Gasteiger partial charge in [0.1, 0.15) is 11.5 Å². The molecule has 0 bridgehead atoms. The fourth-order valence-corrected chi connectivity index (χ4v) is 6.05. The Hall–Kier alpha value is -2.74. The van der Waals surface area contributed by atoms with Crippen molar-refractivity contribution in [2.75, 3.05) is 0 Å². The minimum Gasteiger partial charge on any atom is -0.361 e. The number of halogens is 1. The van der Waals surface area contributed by atoms with Crippen molar-refractivity contribution >= 4 is 15.9 Å². The number of hydrogen-bond donors (Lipinski definition) is 0. The lowest BCUT2D eigenvalue weighted by atomic mass is 9.56. The zero-order valence-electron chi connectivity index (χ0n) is 17.6. The average molecular weight is 480 g/mol. The molecule has 6 rings (SSSR count). The molecule has 0 N–H and O–H groups in total. The molecule has 3 heterocycles. The van der Waals surface area contributed by atoms with Gasteiger partial charge in [-0.15, -0.1) is 0 Å². The highest BCUT2D eigenvalue weighted by Gasteiger charge is 2.51. The fraction of sp³-hybridized carbons (Fsp3) is 0.391. The second kappa shape index (κ2) is 6.63. The Morgan fingerprint density at radius 1 is 1.19 bits per heavy atom. The molecule has 4 aromatic rings. The summed E-state index contributed by atoms with van der Waals surface area (Å²) in [5.74, 6) is 2.87. The van der Waals surface area contributed by atoms with Crippen LogP contribution in [0.1, 0.15) is 54.7 Å². The molecule has 0 amide bonds. The molecule has 3 atom stereocenters. The van der Waals surface area contributed by atoms with Crippen LogP contribution in [0, 0.1) is 12.8 Å². The van der Waals surface area contributed by atoms with Crippen molar-refractivity contribution in [1.29, 1.82) is 0 Å². The molecule has 1 aromatic carbocycles. The summed E-state index contributed by atoms with van der Waals surface area (Å²) < 4.78 is 14.1. The van der Waals surface area contributed by atoms with Crippen molar-refractivity contribution in [3.63, 3.8) is 0 Å². The number of aryl methyl sites for hydroxylation is 1. The summed E-state index contributed by atoms with van der Waals surface area (Å²) in [5.41, 5.74) is 5.38. The van der Waals surface area contributed by atoms with E-state index in [-0.39, 0.29) is 5.41 Å². The Morgan fingerprint density at radius 2 is 2.00 bits per heavy atom. The summed E-state index contributed by atoms with van der Waals surface area (Å²) >= 11 is 3.55. The standard InChI is InChI=1S/C23H22BrN5O2/c1-12-18-9-8-17-19(22-26-13(2)30-28-22)27-29(16-6-4-15(24)5-7-16)21(17)23(18,3)10-14-11-25-31-20(12)14/h4-7,11-12,18H,8-10H2,1-3H3/t12-,18-,23-/m1/s1. The number of hydrogen-bond acceptors (Lipinski definition) is 6. The van der Waals surface area contributed by atoms with Crippen molar-refractivity contribution in [2.45, 2.75) is 51.4 Å². The molecule has 3 aromatic heterocycles. The first kappa shape index (κ1) is 19.0. The first-order valence-corrected chi connectivity index (χ1v) is 11.4. The summed E-state index contributed by atoms with van der Waals surface area (Å²) in [6.45, 7) is 6.44. The third kappa shape index (κ3) is 2.70. The maximum Gasteiger partial charge on any atom is 0.223 e. The molecule has 0 spiro atoms. The van der Waals surface area contributed by atoms with E-state index in [0.29, 0.717) is 23.6 Å². The van der Waals surface area contributed by atoms with Crippen LogP contribution in [-0.2, 0) is 18.3 Å². The molecule has 31 heavy (non-hydrogen) atoms. The molecule has 0 aliphatic heterocycles. The molecular formula is C23H22BrN5O2. The minimum atomic E-state index is -0.108. The van der Waals surface area contributed by atoms with Crippen LogP contribution in [0.15, 0.2) is 44.0 Å². The van der Waals surface area contributed by atoms with Crippen molar-refractivity contribution in [3.05, 3.63) is 63.4 Å². The number of benzene rings is 1.